The molecule has 1 amide bonds. The zero-order valence-corrected chi connectivity index (χ0v) is 17.1. The Labute approximate surface area is 165 Å². The summed E-state index contributed by atoms with van der Waals surface area (Å²) in [6.45, 7) is 4.67. The monoisotopic (exact) mass is 406 g/mol. The highest BCUT2D eigenvalue weighted by molar-refractivity contribution is 7.99. The highest BCUT2D eigenvalue weighted by Gasteiger charge is 2.16. The lowest BCUT2D eigenvalue weighted by molar-refractivity contribution is -0.118. The number of aryl methyl sites for hydroxylation is 1. The number of nitrogens with one attached hydrogen (secondary N) is 1. The molecule has 0 bridgehead atoms. The number of amides is 1. The summed E-state index contributed by atoms with van der Waals surface area (Å²) in [5.74, 6) is 1.08. The van der Waals surface area contributed by atoms with Gasteiger partial charge in [-0.15, -0.1) is 21.5 Å². The average molecular weight is 407 g/mol. The number of aromatic nitrogens is 3. The third-order valence-electron chi connectivity index (χ3n) is 4.10. The number of nitrogens with zero attached hydrogens (tertiary/aromatic N) is 3. The van der Waals surface area contributed by atoms with E-state index in [0.29, 0.717) is 17.3 Å². The van der Waals surface area contributed by atoms with Crippen LogP contribution in [0.1, 0.15) is 16.0 Å². The fourth-order valence-electron chi connectivity index (χ4n) is 2.39. The minimum absolute atomic E-state index is 0.0444. The lowest BCUT2D eigenvalue weighted by atomic mass is 10.2. The predicted molar refractivity (Wildman–Crippen MR) is 108 cm³/mol. The fraction of sp³-hybridized carbons (Fsp3) is 0.278. The second-order valence-electron chi connectivity index (χ2n) is 5.89. The molecule has 2 heterocycles. The Morgan fingerprint density at radius 1 is 1.27 bits per heavy atom. The van der Waals surface area contributed by atoms with Crippen LogP contribution in [0.5, 0.6) is 0 Å². The Kier molecular flexibility index (Phi) is 6.01. The minimum Gasteiger partial charge on any atom is -0.351 e. The van der Waals surface area contributed by atoms with Crippen molar-refractivity contribution in [3.8, 4) is 11.4 Å². The molecule has 0 fully saturated rings. The first-order valence-corrected chi connectivity index (χ1v) is 10.3. The predicted octanol–water partition coefficient (Wildman–Crippen LogP) is 4.22. The number of halogens is 1. The number of thioether (sulfide) groups is 1. The summed E-state index contributed by atoms with van der Waals surface area (Å²) < 4.78 is 1.94. The van der Waals surface area contributed by atoms with Gasteiger partial charge < -0.3 is 9.88 Å². The molecule has 0 atom stereocenters. The van der Waals surface area contributed by atoms with Gasteiger partial charge in [0, 0.05) is 34.4 Å². The summed E-state index contributed by atoms with van der Waals surface area (Å²) in [6, 6.07) is 7.42. The number of thiophene rings is 1. The van der Waals surface area contributed by atoms with Crippen molar-refractivity contribution in [3.63, 3.8) is 0 Å². The Hall–Kier alpha value is -1.83. The van der Waals surface area contributed by atoms with E-state index in [-0.39, 0.29) is 5.91 Å². The molecule has 0 spiro atoms. The molecule has 0 saturated heterocycles. The van der Waals surface area contributed by atoms with Gasteiger partial charge in [0.25, 0.3) is 0 Å². The lowest BCUT2D eigenvalue weighted by Crippen LogP contribution is -2.24. The van der Waals surface area contributed by atoms with Gasteiger partial charge in [-0.1, -0.05) is 35.5 Å². The smallest absolute Gasteiger partial charge is 0.230 e. The lowest BCUT2D eigenvalue weighted by Gasteiger charge is -2.06. The molecule has 26 heavy (non-hydrogen) atoms. The second-order valence-corrected chi connectivity index (χ2v) is 8.35. The van der Waals surface area contributed by atoms with Crippen LogP contribution in [0.15, 0.2) is 34.8 Å². The molecule has 0 aliphatic heterocycles. The first-order valence-electron chi connectivity index (χ1n) is 8.04. The second kappa shape index (κ2) is 8.24. The van der Waals surface area contributed by atoms with Gasteiger partial charge in [-0.2, -0.15) is 0 Å². The molecule has 0 unspecified atom stereocenters. The van der Waals surface area contributed by atoms with E-state index in [1.54, 1.807) is 11.3 Å². The zero-order valence-electron chi connectivity index (χ0n) is 14.7. The van der Waals surface area contributed by atoms with Crippen molar-refractivity contribution in [1.29, 1.82) is 0 Å². The normalized spacial score (nSPS) is 10.9. The van der Waals surface area contributed by atoms with Crippen molar-refractivity contribution in [3.05, 3.63) is 50.7 Å². The van der Waals surface area contributed by atoms with E-state index in [1.807, 2.05) is 35.9 Å². The number of rotatable bonds is 6. The van der Waals surface area contributed by atoms with Crippen LogP contribution in [-0.4, -0.2) is 26.4 Å². The first-order chi connectivity index (χ1) is 12.5. The van der Waals surface area contributed by atoms with E-state index in [2.05, 4.69) is 34.7 Å². The summed E-state index contributed by atoms with van der Waals surface area (Å²) in [6.07, 6.45) is 0. The molecule has 8 heteroatoms. The SMILES string of the molecule is Cc1scc(-c2nnc(SCC(=O)NCc3ccc(Cl)cc3)n2C)c1C. The van der Waals surface area contributed by atoms with E-state index in [4.69, 9.17) is 11.6 Å². The molecule has 5 nitrogen and oxygen atoms in total. The molecule has 0 radical (unpaired) electrons. The van der Waals surface area contributed by atoms with Gasteiger partial charge in [-0.05, 0) is 37.1 Å². The maximum atomic E-state index is 12.1. The number of hydrogen-bond acceptors (Lipinski definition) is 5. The molecule has 136 valence electrons. The summed E-state index contributed by atoms with van der Waals surface area (Å²) in [4.78, 5) is 13.4. The van der Waals surface area contributed by atoms with Gasteiger partial charge in [0.15, 0.2) is 11.0 Å². The third kappa shape index (κ3) is 4.28. The molecule has 2 aromatic heterocycles. The quantitative estimate of drug-likeness (QED) is 0.622. The fourth-order valence-corrected chi connectivity index (χ4v) is 4.12. The largest absolute Gasteiger partial charge is 0.351 e. The van der Waals surface area contributed by atoms with E-state index in [1.165, 1.54) is 22.2 Å². The molecule has 3 rings (SSSR count). The molecular weight excluding hydrogens is 388 g/mol. The maximum Gasteiger partial charge on any atom is 0.230 e. The molecule has 0 saturated carbocycles. The Morgan fingerprint density at radius 3 is 2.65 bits per heavy atom. The molecular formula is C18H19ClN4OS2. The molecule has 3 aromatic rings. The first kappa shape index (κ1) is 18.9. The van der Waals surface area contributed by atoms with Gasteiger partial charge in [0.2, 0.25) is 5.91 Å². The number of hydrogen-bond donors (Lipinski definition) is 1. The van der Waals surface area contributed by atoms with Crippen LogP contribution in [0.3, 0.4) is 0 Å². The van der Waals surface area contributed by atoms with Crippen molar-refractivity contribution in [2.45, 2.75) is 25.5 Å². The Bertz CT molecular complexity index is 918. The van der Waals surface area contributed by atoms with Crippen LogP contribution in [0.4, 0.5) is 0 Å². The Morgan fingerprint density at radius 2 is 2.00 bits per heavy atom. The van der Waals surface area contributed by atoms with Gasteiger partial charge in [0.05, 0.1) is 5.75 Å². The van der Waals surface area contributed by atoms with Crippen LogP contribution in [-0.2, 0) is 18.4 Å². The van der Waals surface area contributed by atoms with Crippen LogP contribution >= 0.6 is 34.7 Å². The Balaban J connectivity index is 1.57. The molecule has 1 aromatic carbocycles. The summed E-state index contributed by atoms with van der Waals surface area (Å²) in [5.41, 5.74) is 3.33. The van der Waals surface area contributed by atoms with Gasteiger partial charge in [-0.25, -0.2) is 0 Å². The number of benzene rings is 1. The van der Waals surface area contributed by atoms with E-state index in [0.717, 1.165) is 22.1 Å². The van der Waals surface area contributed by atoms with Gasteiger partial charge in [-0.3, -0.25) is 4.79 Å². The minimum atomic E-state index is -0.0444. The highest BCUT2D eigenvalue weighted by Crippen LogP contribution is 2.30. The van der Waals surface area contributed by atoms with E-state index >= 15 is 0 Å². The maximum absolute atomic E-state index is 12.1. The number of carbonyl (C=O) groups excluding carboxylic acids is 1. The standard InChI is InChI=1S/C18H19ClN4OS2/c1-11-12(2)25-9-15(11)17-21-22-18(23(17)3)26-10-16(24)20-8-13-4-6-14(19)7-5-13/h4-7,9H,8,10H2,1-3H3,(H,20,24). The summed E-state index contributed by atoms with van der Waals surface area (Å²) in [7, 11) is 1.93. The molecule has 1 N–H and O–H groups in total. The molecule has 0 aliphatic rings. The van der Waals surface area contributed by atoms with Crippen molar-refractivity contribution in [2.24, 2.45) is 7.05 Å². The van der Waals surface area contributed by atoms with Crippen molar-refractivity contribution >= 4 is 40.6 Å². The third-order valence-corrected chi connectivity index (χ3v) is 6.38. The van der Waals surface area contributed by atoms with Gasteiger partial charge in [0.1, 0.15) is 0 Å². The van der Waals surface area contributed by atoms with Crippen molar-refractivity contribution < 1.29 is 4.79 Å². The van der Waals surface area contributed by atoms with E-state index < -0.39 is 0 Å². The van der Waals surface area contributed by atoms with Gasteiger partial charge >= 0.3 is 0 Å². The zero-order chi connectivity index (χ0) is 18.7. The topological polar surface area (TPSA) is 59.8 Å². The van der Waals surface area contributed by atoms with Crippen LogP contribution < -0.4 is 5.32 Å². The average Bonchev–Trinajstić information content (AvgIpc) is 3.15. The van der Waals surface area contributed by atoms with E-state index in [9.17, 15) is 4.79 Å². The summed E-state index contributed by atoms with van der Waals surface area (Å²) >= 11 is 8.95. The number of carbonyl (C=O) groups is 1. The van der Waals surface area contributed by atoms with Crippen molar-refractivity contribution in [1.82, 2.24) is 20.1 Å². The molecule has 0 aliphatic carbocycles. The van der Waals surface area contributed by atoms with Crippen LogP contribution in [0.2, 0.25) is 5.02 Å². The summed E-state index contributed by atoms with van der Waals surface area (Å²) in [5, 5.41) is 14.9. The van der Waals surface area contributed by atoms with Crippen LogP contribution in [0, 0.1) is 13.8 Å². The van der Waals surface area contributed by atoms with Crippen LogP contribution in [0.25, 0.3) is 11.4 Å². The van der Waals surface area contributed by atoms with Crippen molar-refractivity contribution in [2.75, 3.05) is 5.75 Å². The highest BCUT2D eigenvalue weighted by atomic mass is 35.5.